The number of thiazole rings is 1. The van der Waals surface area contributed by atoms with Crippen LogP contribution in [0.3, 0.4) is 0 Å². The summed E-state index contributed by atoms with van der Waals surface area (Å²) in [5, 5.41) is 13.6. The number of amides is 1. The molecule has 0 aliphatic rings. The van der Waals surface area contributed by atoms with Gasteiger partial charge in [-0.2, -0.15) is 0 Å². The van der Waals surface area contributed by atoms with Crippen LogP contribution in [0.5, 0.6) is 5.75 Å². The number of nitrogens with one attached hydrogen (secondary N) is 1. The summed E-state index contributed by atoms with van der Waals surface area (Å²) in [6.45, 7) is 5.05. The van der Waals surface area contributed by atoms with Gasteiger partial charge >= 0.3 is 5.97 Å². The monoisotopic (exact) mass is 478 g/mol. The van der Waals surface area contributed by atoms with Crippen molar-refractivity contribution in [3.63, 3.8) is 0 Å². The summed E-state index contributed by atoms with van der Waals surface area (Å²) in [4.78, 5) is 28.8. The molecule has 6 nitrogen and oxygen atoms in total. The average Bonchev–Trinajstić information content (AvgIpc) is 3.10. The van der Waals surface area contributed by atoms with Crippen LogP contribution in [-0.4, -0.2) is 27.6 Å². The molecular formula is C22H20Cl2N2O4S. The van der Waals surface area contributed by atoms with Crippen molar-refractivity contribution < 1.29 is 19.4 Å². The van der Waals surface area contributed by atoms with E-state index in [-0.39, 0.29) is 5.91 Å². The van der Waals surface area contributed by atoms with Crippen molar-refractivity contribution in [2.45, 2.75) is 32.9 Å². The van der Waals surface area contributed by atoms with Crippen LogP contribution in [0, 0.1) is 6.92 Å². The second kappa shape index (κ2) is 9.26. The number of aryl methyl sites for hydroxylation is 1. The van der Waals surface area contributed by atoms with Gasteiger partial charge in [-0.05, 0) is 50.6 Å². The third kappa shape index (κ3) is 5.55. The van der Waals surface area contributed by atoms with Gasteiger partial charge in [0.2, 0.25) is 0 Å². The summed E-state index contributed by atoms with van der Waals surface area (Å²) in [6, 6.07) is 12.1. The van der Waals surface area contributed by atoms with Crippen LogP contribution in [0.2, 0.25) is 10.0 Å². The summed E-state index contributed by atoms with van der Waals surface area (Å²) >= 11 is 13.3. The predicted molar refractivity (Wildman–Crippen MR) is 122 cm³/mol. The highest BCUT2D eigenvalue weighted by Crippen LogP contribution is 2.32. The maximum Gasteiger partial charge on any atom is 0.347 e. The second-order valence-electron chi connectivity index (χ2n) is 7.31. The van der Waals surface area contributed by atoms with Crippen molar-refractivity contribution in [3.8, 4) is 16.3 Å². The first-order chi connectivity index (χ1) is 14.6. The molecule has 0 saturated carbocycles. The van der Waals surface area contributed by atoms with Gasteiger partial charge in [0.25, 0.3) is 5.91 Å². The first-order valence-electron chi connectivity index (χ1n) is 9.29. The van der Waals surface area contributed by atoms with E-state index in [0.29, 0.717) is 37.9 Å². The number of carboxylic acids is 1. The number of hydrogen-bond donors (Lipinski definition) is 2. The highest BCUT2D eigenvalue weighted by molar-refractivity contribution is 7.17. The zero-order chi connectivity index (χ0) is 22.8. The van der Waals surface area contributed by atoms with Gasteiger partial charge in [-0.1, -0.05) is 41.4 Å². The lowest BCUT2D eigenvalue weighted by Gasteiger charge is -2.21. The van der Waals surface area contributed by atoms with Gasteiger partial charge in [-0.3, -0.25) is 4.79 Å². The van der Waals surface area contributed by atoms with Crippen molar-refractivity contribution in [1.82, 2.24) is 10.3 Å². The fourth-order valence-corrected chi connectivity index (χ4v) is 3.91. The number of ether oxygens (including phenoxy) is 1. The molecule has 1 amide bonds. The fraction of sp³-hybridized carbons (Fsp3) is 0.227. The van der Waals surface area contributed by atoms with Gasteiger partial charge in [0.1, 0.15) is 15.6 Å². The van der Waals surface area contributed by atoms with Gasteiger partial charge in [0.15, 0.2) is 5.60 Å². The van der Waals surface area contributed by atoms with E-state index in [9.17, 15) is 9.59 Å². The van der Waals surface area contributed by atoms with Gasteiger partial charge in [0.05, 0.1) is 15.7 Å². The summed E-state index contributed by atoms with van der Waals surface area (Å²) in [6.07, 6.45) is 0. The third-order valence-electron chi connectivity index (χ3n) is 4.43. The first kappa shape index (κ1) is 23.1. The molecule has 3 rings (SSSR count). The molecule has 0 atom stereocenters. The Morgan fingerprint density at radius 3 is 2.42 bits per heavy atom. The molecule has 3 aromatic rings. The van der Waals surface area contributed by atoms with Crippen molar-refractivity contribution in [3.05, 3.63) is 68.6 Å². The van der Waals surface area contributed by atoms with E-state index in [4.69, 9.17) is 33.0 Å². The molecule has 0 saturated heterocycles. The Labute approximate surface area is 193 Å². The normalized spacial score (nSPS) is 11.3. The topological polar surface area (TPSA) is 88.5 Å². The van der Waals surface area contributed by atoms with E-state index in [2.05, 4.69) is 10.3 Å². The fourth-order valence-electron chi connectivity index (χ4n) is 2.64. The maximum atomic E-state index is 12.7. The summed E-state index contributed by atoms with van der Waals surface area (Å²) in [5.41, 5.74) is 0.941. The van der Waals surface area contributed by atoms with Crippen molar-refractivity contribution in [1.29, 1.82) is 0 Å². The Bertz CT molecular complexity index is 1130. The number of hydrogen-bond acceptors (Lipinski definition) is 5. The van der Waals surface area contributed by atoms with Crippen LogP contribution in [0.4, 0.5) is 0 Å². The number of carbonyl (C=O) groups excluding carboxylic acids is 1. The van der Waals surface area contributed by atoms with E-state index in [0.717, 1.165) is 11.1 Å². The number of rotatable bonds is 7. The van der Waals surface area contributed by atoms with Gasteiger partial charge in [-0.25, -0.2) is 9.78 Å². The summed E-state index contributed by atoms with van der Waals surface area (Å²) < 4.78 is 5.48. The maximum absolute atomic E-state index is 12.7. The SMILES string of the molecule is Cc1nc(-c2ccc(Cl)c(Cl)c2)sc1C(=O)NCc1ccc(OC(C)(C)C(=O)O)cc1. The molecule has 1 heterocycles. The standard InChI is InChI=1S/C22H20Cl2N2O4S/c1-12-18(31-20(26-12)14-6-9-16(23)17(24)10-14)19(27)25-11-13-4-7-15(8-5-13)30-22(2,3)21(28)29/h4-10H,11H2,1-3H3,(H,25,27)(H,28,29). The lowest BCUT2D eigenvalue weighted by Crippen LogP contribution is -2.37. The molecule has 0 spiro atoms. The molecule has 2 aromatic carbocycles. The minimum Gasteiger partial charge on any atom is -0.478 e. The average molecular weight is 479 g/mol. The molecule has 0 fully saturated rings. The molecule has 0 aliphatic heterocycles. The number of aliphatic carboxylic acids is 1. The molecular weight excluding hydrogens is 459 g/mol. The number of aromatic nitrogens is 1. The molecule has 0 aliphatic carbocycles. The molecule has 0 bridgehead atoms. The molecule has 1 aromatic heterocycles. The van der Waals surface area contributed by atoms with E-state index in [1.165, 1.54) is 25.2 Å². The van der Waals surface area contributed by atoms with Crippen LogP contribution in [-0.2, 0) is 11.3 Å². The number of carbonyl (C=O) groups is 2. The molecule has 162 valence electrons. The Balaban J connectivity index is 1.65. The number of carboxylic acid groups (broad SMARTS) is 1. The van der Waals surface area contributed by atoms with Crippen LogP contribution in [0.15, 0.2) is 42.5 Å². The van der Waals surface area contributed by atoms with Gasteiger partial charge in [-0.15, -0.1) is 11.3 Å². The molecule has 0 unspecified atom stereocenters. The Morgan fingerprint density at radius 1 is 1.13 bits per heavy atom. The van der Waals surface area contributed by atoms with Gasteiger partial charge < -0.3 is 15.2 Å². The largest absolute Gasteiger partial charge is 0.478 e. The number of halogens is 2. The Kier molecular flexibility index (Phi) is 6.89. The summed E-state index contributed by atoms with van der Waals surface area (Å²) in [5.74, 6) is -0.843. The highest BCUT2D eigenvalue weighted by atomic mass is 35.5. The van der Waals surface area contributed by atoms with E-state index in [1.807, 2.05) is 6.07 Å². The zero-order valence-corrected chi connectivity index (χ0v) is 19.4. The lowest BCUT2D eigenvalue weighted by atomic mass is 10.1. The van der Waals surface area contributed by atoms with Crippen LogP contribution in [0.25, 0.3) is 10.6 Å². The molecule has 31 heavy (non-hydrogen) atoms. The van der Waals surface area contributed by atoms with Crippen LogP contribution < -0.4 is 10.1 Å². The van der Waals surface area contributed by atoms with Crippen LogP contribution >= 0.6 is 34.5 Å². The number of nitrogens with zero attached hydrogens (tertiary/aromatic N) is 1. The van der Waals surface area contributed by atoms with Crippen molar-refractivity contribution in [2.24, 2.45) is 0 Å². The minimum absolute atomic E-state index is 0.228. The lowest BCUT2D eigenvalue weighted by molar-refractivity contribution is -0.152. The second-order valence-corrected chi connectivity index (χ2v) is 9.12. The Morgan fingerprint density at radius 2 is 1.81 bits per heavy atom. The molecule has 2 N–H and O–H groups in total. The third-order valence-corrected chi connectivity index (χ3v) is 6.38. The zero-order valence-electron chi connectivity index (χ0n) is 17.0. The van der Waals surface area contributed by atoms with E-state index < -0.39 is 11.6 Å². The molecule has 0 radical (unpaired) electrons. The van der Waals surface area contributed by atoms with Crippen LogP contribution in [0.1, 0.15) is 34.8 Å². The Hall–Kier alpha value is -2.61. The summed E-state index contributed by atoms with van der Waals surface area (Å²) in [7, 11) is 0. The van der Waals surface area contributed by atoms with E-state index >= 15 is 0 Å². The molecule has 9 heteroatoms. The predicted octanol–water partition coefficient (Wildman–Crippen LogP) is 5.60. The smallest absolute Gasteiger partial charge is 0.347 e. The van der Waals surface area contributed by atoms with Crippen molar-refractivity contribution >= 4 is 46.4 Å². The minimum atomic E-state index is -1.33. The number of benzene rings is 2. The van der Waals surface area contributed by atoms with Gasteiger partial charge in [0, 0.05) is 12.1 Å². The van der Waals surface area contributed by atoms with E-state index in [1.54, 1.807) is 43.3 Å². The first-order valence-corrected chi connectivity index (χ1v) is 10.9. The van der Waals surface area contributed by atoms with Crippen molar-refractivity contribution in [2.75, 3.05) is 0 Å². The highest BCUT2D eigenvalue weighted by Gasteiger charge is 2.29. The quantitative estimate of drug-likeness (QED) is 0.461.